The molecule has 1 aromatic heterocycles. The lowest BCUT2D eigenvalue weighted by Gasteiger charge is -2.15. The minimum Gasteiger partial charge on any atom is -0.308 e. The fourth-order valence-electron chi connectivity index (χ4n) is 2.43. The van der Waals surface area contributed by atoms with E-state index in [1.165, 1.54) is 12.5 Å². The number of nitrogens with zero attached hydrogens (tertiary/aromatic N) is 1. The molecule has 2 rings (SSSR count). The lowest BCUT2D eigenvalue weighted by Crippen LogP contribution is -2.27. The van der Waals surface area contributed by atoms with Crippen LogP contribution in [0.5, 0.6) is 0 Å². The third-order valence-electron chi connectivity index (χ3n) is 3.83. The Morgan fingerprint density at radius 2 is 1.73 bits per heavy atom. The Morgan fingerprint density at radius 1 is 1.09 bits per heavy atom. The Hall–Kier alpha value is -2.16. The molecule has 3 nitrogen and oxygen atoms in total. The van der Waals surface area contributed by atoms with Crippen molar-refractivity contribution in [2.75, 3.05) is 0 Å². The summed E-state index contributed by atoms with van der Waals surface area (Å²) in [5, 5.41) is 0. The quantitative estimate of drug-likeness (QED) is 0.780. The molecule has 3 heteroatoms. The van der Waals surface area contributed by atoms with Crippen LogP contribution in [0.15, 0.2) is 41.2 Å². The highest BCUT2D eigenvalue weighted by Crippen LogP contribution is 2.20. The summed E-state index contributed by atoms with van der Waals surface area (Å²) in [6, 6.07) is 11.6. The van der Waals surface area contributed by atoms with Gasteiger partial charge in [0.15, 0.2) is 5.78 Å². The number of hydrogen-bond donors (Lipinski definition) is 0. The summed E-state index contributed by atoms with van der Waals surface area (Å²) in [5.41, 5.74) is 3.13. The SMILES string of the molecule is CC(=O)c1ccc(-c2ccc(C)cc2)n(CCC(C)C)c1=O. The van der Waals surface area contributed by atoms with Gasteiger partial charge in [0.05, 0.1) is 11.3 Å². The summed E-state index contributed by atoms with van der Waals surface area (Å²) in [7, 11) is 0. The molecule has 0 atom stereocenters. The summed E-state index contributed by atoms with van der Waals surface area (Å²) < 4.78 is 1.74. The number of carbonyl (C=O) groups is 1. The van der Waals surface area contributed by atoms with Crippen LogP contribution in [-0.2, 0) is 6.54 Å². The first kappa shape index (κ1) is 16.2. The summed E-state index contributed by atoms with van der Waals surface area (Å²) >= 11 is 0. The van der Waals surface area contributed by atoms with Gasteiger partial charge >= 0.3 is 0 Å². The fourth-order valence-corrected chi connectivity index (χ4v) is 2.43. The molecule has 2 aromatic rings. The standard InChI is InChI=1S/C19H23NO2/c1-13(2)11-12-20-18(16-7-5-14(3)6-8-16)10-9-17(15(4)21)19(20)22/h5-10,13H,11-12H2,1-4H3. The van der Waals surface area contributed by atoms with Crippen molar-refractivity contribution in [1.82, 2.24) is 4.57 Å². The van der Waals surface area contributed by atoms with Crippen molar-refractivity contribution in [3.63, 3.8) is 0 Å². The molecule has 0 aliphatic rings. The van der Waals surface area contributed by atoms with Crippen molar-refractivity contribution >= 4 is 5.78 Å². The summed E-state index contributed by atoms with van der Waals surface area (Å²) in [6.45, 7) is 8.36. The van der Waals surface area contributed by atoms with E-state index in [2.05, 4.69) is 13.8 Å². The highest BCUT2D eigenvalue weighted by Gasteiger charge is 2.13. The number of carbonyl (C=O) groups excluding carboxylic acids is 1. The molecule has 0 bridgehead atoms. The lowest BCUT2D eigenvalue weighted by molar-refractivity contribution is 0.101. The van der Waals surface area contributed by atoms with Crippen LogP contribution in [0, 0.1) is 12.8 Å². The van der Waals surface area contributed by atoms with E-state index in [0.29, 0.717) is 12.5 Å². The van der Waals surface area contributed by atoms with Gasteiger partial charge in [0.25, 0.3) is 5.56 Å². The highest BCUT2D eigenvalue weighted by atomic mass is 16.1. The third kappa shape index (κ3) is 3.53. The molecule has 0 radical (unpaired) electrons. The molecule has 1 heterocycles. The van der Waals surface area contributed by atoms with E-state index in [-0.39, 0.29) is 16.9 Å². The van der Waals surface area contributed by atoms with Gasteiger partial charge in [0.2, 0.25) is 0 Å². The van der Waals surface area contributed by atoms with E-state index in [4.69, 9.17) is 0 Å². The van der Waals surface area contributed by atoms with Crippen molar-refractivity contribution in [1.29, 1.82) is 0 Å². The summed E-state index contributed by atoms with van der Waals surface area (Å²) in [6.07, 6.45) is 0.903. The smallest absolute Gasteiger partial charge is 0.261 e. The highest BCUT2D eigenvalue weighted by molar-refractivity contribution is 5.94. The van der Waals surface area contributed by atoms with E-state index in [1.807, 2.05) is 37.3 Å². The molecule has 0 fully saturated rings. The molecule has 0 spiro atoms. The number of Topliss-reactive ketones (excluding diaryl/α,β-unsaturated/α-hetero) is 1. The Morgan fingerprint density at radius 3 is 2.27 bits per heavy atom. The van der Waals surface area contributed by atoms with Gasteiger partial charge in [0, 0.05) is 6.54 Å². The zero-order valence-electron chi connectivity index (χ0n) is 13.7. The number of pyridine rings is 1. The number of rotatable bonds is 5. The minimum atomic E-state index is -0.189. The summed E-state index contributed by atoms with van der Waals surface area (Å²) in [5.74, 6) is 0.317. The maximum Gasteiger partial charge on any atom is 0.261 e. The van der Waals surface area contributed by atoms with E-state index in [1.54, 1.807) is 10.6 Å². The number of aryl methyl sites for hydroxylation is 1. The Kier molecular flexibility index (Phi) is 4.96. The zero-order chi connectivity index (χ0) is 16.3. The topological polar surface area (TPSA) is 39.1 Å². The average Bonchev–Trinajstić information content (AvgIpc) is 2.46. The maximum absolute atomic E-state index is 12.6. The van der Waals surface area contributed by atoms with Gasteiger partial charge in [-0.25, -0.2) is 0 Å². The van der Waals surface area contributed by atoms with Gasteiger partial charge in [-0.1, -0.05) is 43.7 Å². The largest absolute Gasteiger partial charge is 0.308 e. The number of benzene rings is 1. The molecule has 0 unspecified atom stereocenters. The molecule has 0 amide bonds. The van der Waals surface area contributed by atoms with Crippen LogP contribution in [-0.4, -0.2) is 10.4 Å². The Bertz CT molecular complexity index is 724. The second kappa shape index (κ2) is 6.73. The van der Waals surface area contributed by atoms with Crippen molar-refractivity contribution in [2.45, 2.75) is 40.7 Å². The minimum absolute atomic E-state index is 0.182. The average molecular weight is 297 g/mol. The molecule has 0 saturated carbocycles. The van der Waals surface area contributed by atoms with E-state index >= 15 is 0 Å². The first-order valence-corrected chi connectivity index (χ1v) is 7.72. The third-order valence-corrected chi connectivity index (χ3v) is 3.83. The van der Waals surface area contributed by atoms with Crippen LogP contribution in [0.2, 0.25) is 0 Å². The fraction of sp³-hybridized carbons (Fsp3) is 0.368. The van der Waals surface area contributed by atoms with Crippen molar-refractivity contribution in [2.24, 2.45) is 5.92 Å². The molecule has 0 saturated heterocycles. The van der Waals surface area contributed by atoms with Gasteiger partial charge in [-0.05, 0) is 43.9 Å². The maximum atomic E-state index is 12.6. The van der Waals surface area contributed by atoms with Crippen LogP contribution < -0.4 is 5.56 Å². The number of hydrogen-bond acceptors (Lipinski definition) is 2. The second-order valence-corrected chi connectivity index (χ2v) is 6.19. The van der Waals surface area contributed by atoms with Crippen molar-refractivity contribution < 1.29 is 4.79 Å². The van der Waals surface area contributed by atoms with Crippen LogP contribution >= 0.6 is 0 Å². The van der Waals surface area contributed by atoms with Gasteiger partial charge in [-0.2, -0.15) is 0 Å². The van der Waals surface area contributed by atoms with Crippen LogP contribution in [0.3, 0.4) is 0 Å². The zero-order valence-corrected chi connectivity index (χ0v) is 13.7. The predicted octanol–water partition coefficient (Wildman–Crippen LogP) is 4.07. The lowest BCUT2D eigenvalue weighted by atomic mass is 10.1. The van der Waals surface area contributed by atoms with Gasteiger partial charge in [0.1, 0.15) is 0 Å². The van der Waals surface area contributed by atoms with Gasteiger partial charge < -0.3 is 4.57 Å². The Balaban J connectivity index is 2.57. The molecule has 1 aromatic carbocycles. The molecule has 0 N–H and O–H groups in total. The Labute approximate surface area is 131 Å². The first-order valence-electron chi connectivity index (χ1n) is 7.72. The molecule has 0 aliphatic carbocycles. The van der Waals surface area contributed by atoms with Crippen LogP contribution in [0.4, 0.5) is 0 Å². The molecule has 0 aliphatic heterocycles. The second-order valence-electron chi connectivity index (χ2n) is 6.19. The predicted molar refractivity (Wildman–Crippen MR) is 90.3 cm³/mol. The van der Waals surface area contributed by atoms with Crippen molar-refractivity contribution in [3.8, 4) is 11.3 Å². The van der Waals surface area contributed by atoms with Gasteiger partial charge in [-0.15, -0.1) is 0 Å². The molecule has 22 heavy (non-hydrogen) atoms. The molecular weight excluding hydrogens is 274 g/mol. The van der Waals surface area contributed by atoms with Crippen LogP contribution in [0.25, 0.3) is 11.3 Å². The first-order chi connectivity index (χ1) is 10.4. The van der Waals surface area contributed by atoms with Crippen LogP contribution in [0.1, 0.15) is 43.1 Å². The summed E-state index contributed by atoms with van der Waals surface area (Å²) in [4.78, 5) is 24.3. The van der Waals surface area contributed by atoms with E-state index in [0.717, 1.165) is 17.7 Å². The molecular formula is C19H23NO2. The number of aromatic nitrogens is 1. The van der Waals surface area contributed by atoms with Crippen molar-refractivity contribution in [3.05, 3.63) is 57.9 Å². The van der Waals surface area contributed by atoms with Gasteiger partial charge in [-0.3, -0.25) is 9.59 Å². The number of ketones is 1. The normalized spacial score (nSPS) is 11.0. The monoisotopic (exact) mass is 297 g/mol. The molecule has 116 valence electrons. The van der Waals surface area contributed by atoms with E-state index < -0.39 is 0 Å². The van der Waals surface area contributed by atoms with E-state index in [9.17, 15) is 9.59 Å².